The normalized spacial score (nSPS) is 11.2. The van der Waals surface area contributed by atoms with Crippen molar-refractivity contribution in [1.29, 1.82) is 0 Å². The molecule has 0 bridgehead atoms. The van der Waals surface area contributed by atoms with E-state index in [-0.39, 0.29) is 5.82 Å². The van der Waals surface area contributed by atoms with Crippen molar-refractivity contribution in [3.8, 4) is 11.4 Å². The summed E-state index contributed by atoms with van der Waals surface area (Å²) in [5.41, 5.74) is 8.78. The maximum absolute atomic E-state index is 14.0. The first-order valence-electron chi connectivity index (χ1n) is 6.21. The summed E-state index contributed by atoms with van der Waals surface area (Å²) in [5, 5.41) is 0.483. The first kappa shape index (κ1) is 13.1. The van der Waals surface area contributed by atoms with Gasteiger partial charge in [0.25, 0.3) is 0 Å². The van der Waals surface area contributed by atoms with Gasteiger partial charge in [0.05, 0.1) is 16.6 Å². The Bertz CT molecular complexity index is 795. The molecule has 0 spiro atoms. The zero-order chi connectivity index (χ0) is 14.3. The van der Waals surface area contributed by atoms with Crippen LogP contribution in [0, 0.1) is 5.82 Å². The third-order valence-electron chi connectivity index (χ3n) is 3.35. The zero-order valence-corrected chi connectivity index (χ0v) is 11.7. The number of hydrogen-bond donors (Lipinski definition) is 1. The van der Waals surface area contributed by atoms with Crippen molar-refractivity contribution in [2.45, 2.75) is 6.54 Å². The van der Waals surface area contributed by atoms with E-state index in [1.165, 1.54) is 12.1 Å². The molecule has 2 N–H and O–H groups in total. The molecule has 3 rings (SSSR count). The molecular formula is C15H13ClFN3. The summed E-state index contributed by atoms with van der Waals surface area (Å²) in [7, 11) is 1.85. The molecule has 3 nitrogen and oxygen atoms in total. The Kier molecular flexibility index (Phi) is 3.20. The number of nitrogens with zero attached hydrogens (tertiary/aromatic N) is 2. The van der Waals surface area contributed by atoms with Gasteiger partial charge in [0.15, 0.2) is 0 Å². The summed E-state index contributed by atoms with van der Waals surface area (Å²) >= 11 is 5.95. The molecule has 0 radical (unpaired) electrons. The van der Waals surface area contributed by atoms with Gasteiger partial charge in [0, 0.05) is 18.6 Å². The predicted molar refractivity (Wildman–Crippen MR) is 79.0 cm³/mol. The molecular weight excluding hydrogens is 277 g/mol. The average Bonchev–Trinajstić information content (AvgIpc) is 2.78. The lowest BCUT2D eigenvalue weighted by atomic mass is 10.2. The van der Waals surface area contributed by atoms with Crippen LogP contribution in [0.25, 0.3) is 22.4 Å². The average molecular weight is 290 g/mol. The van der Waals surface area contributed by atoms with Crippen molar-refractivity contribution in [2.75, 3.05) is 0 Å². The minimum atomic E-state index is -0.341. The number of imidazole rings is 1. The Morgan fingerprint density at radius 2 is 2.05 bits per heavy atom. The largest absolute Gasteiger partial charge is 0.327 e. The molecule has 0 unspecified atom stereocenters. The summed E-state index contributed by atoms with van der Waals surface area (Å²) in [6, 6.07) is 10.2. The Hall–Kier alpha value is -1.91. The minimum Gasteiger partial charge on any atom is -0.327 e. The van der Waals surface area contributed by atoms with Crippen molar-refractivity contribution >= 4 is 22.6 Å². The third kappa shape index (κ3) is 2.07. The molecule has 0 aliphatic heterocycles. The standard InChI is InChI=1S/C15H13ClFN3/c1-20-14-6-9(8-18)2-5-13(14)19-15(20)11-7-10(16)3-4-12(11)17/h2-7H,8,18H2,1H3. The fourth-order valence-corrected chi connectivity index (χ4v) is 2.44. The van der Waals surface area contributed by atoms with Gasteiger partial charge in [-0.3, -0.25) is 0 Å². The van der Waals surface area contributed by atoms with E-state index in [0.29, 0.717) is 23.0 Å². The molecule has 2 aromatic carbocycles. The summed E-state index contributed by atoms with van der Waals surface area (Å²) in [6.07, 6.45) is 0. The molecule has 1 aromatic heterocycles. The van der Waals surface area contributed by atoms with E-state index in [1.54, 1.807) is 6.07 Å². The number of fused-ring (bicyclic) bond motifs is 1. The second-order valence-corrected chi connectivity index (χ2v) is 5.08. The number of nitrogens with two attached hydrogens (primary N) is 1. The van der Waals surface area contributed by atoms with E-state index in [2.05, 4.69) is 4.98 Å². The van der Waals surface area contributed by atoms with Crippen molar-refractivity contribution in [3.63, 3.8) is 0 Å². The molecule has 0 aliphatic rings. The Labute approximate surface area is 120 Å². The number of benzene rings is 2. The van der Waals surface area contributed by atoms with Crippen molar-refractivity contribution in [1.82, 2.24) is 9.55 Å². The molecule has 20 heavy (non-hydrogen) atoms. The summed E-state index contributed by atoms with van der Waals surface area (Å²) in [6.45, 7) is 0.460. The van der Waals surface area contributed by atoms with Crippen LogP contribution < -0.4 is 5.73 Å². The SMILES string of the molecule is Cn1c(-c2cc(Cl)ccc2F)nc2ccc(CN)cc21. The second-order valence-electron chi connectivity index (χ2n) is 4.65. The molecule has 0 saturated carbocycles. The highest BCUT2D eigenvalue weighted by Crippen LogP contribution is 2.28. The highest BCUT2D eigenvalue weighted by atomic mass is 35.5. The number of hydrogen-bond acceptors (Lipinski definition) is 2. The molecule has 0 aliphatic carbocycles. The van der Waals surface area contributed by atoms with Crippen molar-refractivity contribution in [2.24, 2.45) is 12.8 Å². The first-order valence-corrected chi connectivity index (χ1v) is 6.59. The van der Waals surface area contributed by atoms with Gasteiger partial charge in [0.1, 0.15) is 11.6 Å². The van der Waals surface area contributed by atoms with Crippen LogP contribution in [0.1, 0.15) is 5.56 Å². The van der Waals surface area contributed by atoms with Crippen LogP contribution in [0.3, 0.4) is 0 Å². The molecule has 102 valence electrons. The molecule has 0 fully saturated rings. The number of aromatic nitrogens is 2. The minimum absolute atomic E-state index is 0.341. The molecule has 5 heteroatoms. The Morgan fingerprint density at radius 3 is 2.80 bits per heavy atom. The van der Waals surface area contributed by atoms with Crippen LogP contribution in [0.15, 0.2) is 36.4 Å². The van der Waals surface area contributed by atoms with E-state index in [9.17, 15) is 4.39 Å². The van der Waals surface area contributed by atoms with Crippen LogP contribution in [0.4, 0.5) is 4.39 Å². The molecule has 0 saturated heterocycles. The summed E-state index contributed by atoms with van der Waals surface area (Å²) < 4.78 is 15.8. The maximum atomic E-state index is 14.0. The van der Waals surface area contributed by atoms with Gasteiger partial charge >= 0.3 is 0 Å². The lowest BCUT2D eigenvalue weighted by molar-refractivity contribution is 0.629. The molecule has 0 amide bonds. The predicted octanol–water partition coefficient (Wildman–Crippen LogP) is 3.49. The number of halogens is 2. The van der Waals surface area contributed by atoms with Crippen molar-refractivity contribution in [3.05, 3.63) is 52.8 Å². The summed E-state index contributed by atoms with van der Waals surface area (Å²) in [5.74, 6) is 0.209. The fourth-order valence-electron chi connectivity index (χ4n) is 2.27. The number of aryl methyl sites for hydroxylation is 1. The van der Waals surface area contributed by atoms with Gasteiger partial charge in [-0.05, 0) is 35.9 Å². The van der Waals surface area contributed by atoms with Crippen molar-refractivity contribution < 1.29 is 4.39 Å². The molecule has 1 heterocycles. The maximum Gasteiger partial charge on any atom is 0.143 e. The lowest BCUT2D eigenvalue weighted by Gasteiger charge is -2.05. The lowest BCUT2D eigenvalue weighted by Crippen LogP contribution is -1.97. The van der Waals surface area contributed by atoms with E-state index >= 15 is 0 Å². The van der Waals surface area contributed by atoms with Gasteiger partial charge in [-0.2, -0.15) is 0 Å². The van der Waals surface area contributed by atoms with Gasteiger partial charge in [0.2, 0.25) is 0 Å². The number of rotatable bonds is 2. The molecule has 3 aromatic rings. The van der Waals surface area contributed by atoms with Gasteiger partial charge in [-0.25, -0.2) is 9.37 Å². The van der Waals surface area contributed by atoms with E-state index < -0.39 is 0 Å². The quantitative estimate of drug-likeness (QED) is 0.785. The van der Waals surface area contributed by atoms with E-state index in [1.807, 2.05) is 29.8 Å². The third-order valence-corrected chi connectivity index (χ3v) is 3.59. The molecule has 0 atom stereocenters. The Balaban J connectivity index is 2.26. The van der Waals surface area contributed by atoms with E-state index in [0.717, 1.165) is 16.6 Å². The zero-order valence-electron chi connectivity index (χ0n) is 10.9. The second kappa shape index (κ2) is 4.89. The van der Waals surface area contributed by atoms with Gasteiger partial charge in [-0.1, -0.05) is 17.7 Å². The van der Waals surface area contributed by atoms with Crippen LogP contribution >= 0.6 is 11.6 Å². The highest BCUT2D eigenvalue weighted by molar-refractivity contribution is 6.30. The van der Waals surface area contributed by atoms with Crippen LogP contribution in [0.2, 0.25) is 5.02 Å². The van der Waals surface area contributed by atoms with Gasteiger partial charge in [-0.15, -0.1) is 0 Å². The summed E-state index contributed by atoms with van der Waals surface area (Å²) in [4.78, 5) is 4.48. The highest BCUT2D eigenvalue weighted by Gasteiger charge is 2.14. The smallest absolute Gasteiger partial charge is 0.143 e. The topological polar surface area (TPSA) is 43.8 Å². The monoisotopic (exact) mass is 289 g/mol. The van der Waals surface area contributed by atoms with Crippen LogP contribution in [-0.4, -0.2) is 9.55 Å². The Morgan fingerprint density at radius 1 is 1.25 bits per heavy atom. The fraction of sp³-hybridized carbons (Fsp3) is 0.133. The van der Waals surface area contributed by atoms with Crippen LogP contribution in [-0.2, 0) is 13.6 Å². The van der Waals surface area contributed by atoms with Gasteiger partial charge < -0.3 is 10.3 Å². The van der Waals surface area contributed by atoms with E-state index in [4.69, 9.17) is 17.3 Å². The first-order chi connectivity index (χ1) is 9.60. The van der Waals surface area contributed by atoms with Crippen LogP contribution in [0.5, 0.6) is 0 Å².